The molecule has 29 heavy (non-hydrogen) atoms. The summed E-state index contributed by atoms with van der Waals surface area (Å²) < 4.78 is 8.15. The first-order valence-corrected chi connectivity index (χ1v) is 10.2. The molecule has 6 heteroatoms. The fraction of sp³-hybridized carbons (Fsp3) is 0.0870. The molecule has 3 aromatic carbocycles. The Morgan fingerprint density at radius 3 is 2.76 bits per heavy atom. The van der Waals surface area contributed by atoms with Gasteiger partial charge in [0.15, 0.2) is 0 Å². The number of ether oxygens (including phenoxy) is 1. The summed E-state index contributed by atoms with van der Waals surface area (Å²) in [6, 6.07) is 21.6. The first-order chi connectivity index (χ1) is 14.0. The van der Waals surface area contributed by atoms with Crippen molar-refractivity contribution >= 4 is 55.8 Å². The first-order valence-electron chi connectivity index (χ1n) is 9.02. The van der Waals surface area contributed by atoms with Crippen molar-refractivity contribution in [3.8, 4) is 0 Å². The van der Waals surface area contributed by atoms with Crippen LogP contribution in [0.1, 0.15) is 15.9 Å². The summed E-state index contributed by atoms with van der Waals surface area (Å²) in [5, 5.41) is 4.89. The van der Waals surface area contributed by atoms with Gasteiger partial charge in [-0.2, -0.15) is 0 Å². The number of methoxy groups -OCH3 is 1. The highest BCUT2D eigenvalue weighted by Gasteiger charge is 2.13. The number of esters is 1. The Labute approximate surface area is 182 Å². The molecule has 4 aromatic rings. The lowest BCUT2D eigenvalue weighted by molar-refractivity contribution is 0.0602. The molecule has 0 radical (unpaired) electrons. The molecule has 0 atom stereocenters. The van der Waals surface area contributed by atoms with E-state index in [0.29, 0.717) is 16.3 Å². The Bertz CT molecular complexity index is 1200. The molecule has 0 fully saturated rings. The molecule has 0 bridgehead atoms. The van der Waals surface area contributed by atoms with E-state index in [1.165, 1.54) is 12.7 Å². The van der Waals surface area contributed by atoms with Gasteiger partial charge in [-0.3, -0.25) is 0 Å². The summed E-state index contributed by atoms with van der Waals surface area (Å²) in [5.41, 5.74) is 4.29. The highest BCUT2D eigenvalue weighted by molar-refractivity contribution is 9.10. The molecule has 0 aliphatic carbocycles. The maximum Gasteiger partial charge on any atom is 0.340 e. The molecule has 1 heterocycles. The van der Waals surface area contributed by atoms with Gasteiger partial charge in [-0.05, 0) is 60.2 Å². The van der Waals surface area contributed by atoms with Crippen LogP contribution in [-0.4, -0.2) is 17.6 Å². The van der Waals surface area contributed by atoms with Crippen LogP contribution >= 0.6 is 27.5 Å². The molecular formula is C23H18BrClN2O2. The van der Waals surface area contributed by atoms with Crippen LogP contribution in [0.25, 0.3) is 10.9 Å². The van der Waals surface area contributed by atoms with Gasteiger partial charge in [0, 0.05) is 38.8 Å². The fourth-order valence-electron chi connectivity index (χ4n) is 3.31. The topological polar surface area (TPSA) is 43.3 Å². The Hall–Kier alpha value is -2.76. The summed E-state index contributed by atoms with van der Waals surface area (Å²) in [6.45, 7) is 0.791. The lowest BCUT2D eigenvalue weighted by atomic mass is 10.1. The number of hydrogen-bond acceptors (Lipinski definition) is 3. The second-order valence-electron chi connectivity index (χ2n) is 6.65. The van der Waals surface area contributed by atoms with Gasteiger partial charge in [-0.1, -0.05) is 39.7 Å². The minimum absolute atomic E-state index is 0.396. The van der Waals surface area contributed by atoms with E-state index in [9.17, 15) is 4.79 Å². The number of aromatic nitrogens is 1. The van der Waals surface area contributed by atoms with Gasteiger partial charge < -0.3 is 14.6 Å². The van der Waals surface area contributed by atoms with Crippen LogP contribution in [0, 0.1) is 0 Å². The van der Waals surface area contributed by atoms with Crippen molar-refractivity contribution in [1.82, 2.24) is 4.57 Å². The van der Waals surface area contributed by atoms with E-state index in [-0.39, 0.29) is 0 Å². The summed E-state index contributed by atoms with van der Waals surface area (Å²) in [5.74, 6) is -0.434. The number of nitrogens with zero attached hydrogens (tertiary/aromatic N) is 1. The zero-order chi connectivity index (χ0) is 20.4. The molecule has 1 N–H and O–H groups in total. The van der Waals surface area contributed by atoms with E-state index in [2.05, 4.69) is 62.3 Å². The van der Waals surface area contributed by atoms with E-state index in [1.807, 2.05) is 18.2 Å². The van der Waals surface area contributed by atoms with E-state index in [4.69, 9.17) is 16.3 Å². The maximum absolute atomic E-state index is 12.1. The Morgan fingerprint density at radius 1 is 1.10 bits per heavy atom. The largest absolute Gasteiger partial charge is 0.465 e. The van der Waals surface area contributed by atoms with Crippen LogP contribution in [0.2, 0.25) is 5.02 Å². The molecule has 0 spiro atoms. The Balaban J connectivity index is 1.62. The molecule has 0 saturated carbocycles. The molecule has 0 unspecified atom stereocenters. The average molecular weight is 470 g/mol. The average Bonchev–Trinajstić information content (AvgIpc) is 3.10. The summed E-state index contributed by atoms with van der Waals surface area (Å²) >= 11 is 9.56. The lowest BCUT2D eigenvalue weighted by Crippen LogP contribution is -2.05. The zero-order valence-electron chi connectivity index (χ0n) is 15.7. The normalized spacial score (nSPS) is 10.9. The third-order valence-corrected chi connectivity index (χ3v) is 5.41. The molecule has 1 aromatic heterocycles. The molecule has 4 rings (SSSR count). The van der Waals surface area contributed by atoms with E-state index in [1.54, 1.807) is 18.2 Å². The molecule has 0 aliphatic rings. The van der Waals surface area contributed by atoms with Crippen LogP contribution < -0.4 is 5.32 Å². The van der Waals surface area contributed by atoms with E-state index in [0.717, 1.165) is 27.6 Å². The SMILES string of the molecule is COC(=O)c1cc(Cl)ccc1Nc1ccc2c(ccn2Cc2cccc(Br)c2)c1. The smallest absolute Gasteiger partial charge is 0.340 e. The number of benzene rings is 3. The number of rotatable bonds is 5. The second kappa shape index (κ2) is 8.31. The quantitative estimate of drug-likeness (QED) is 0.333. The Kier molecular flexibility index (Phi) is 5.60. The summed E-state index contributed by atoms with van der Waals surface area (Å²) in [7, 11) is 1.35. The van der Waals surface area contributed by atoms with Crippen molar-refractivity contribution in [2.24, 2.45) is 0 Å². The van der Waals surface area contributed by atoms with Gasteiger partial charge in [0.05, 0.1) is 18.4 Å². The Morgan fingerprint density at radius 2 is 1.97 bits per heavy atom. The van der Waals surface area contributed by atoms with E-state index < -0.39 is 5.97 Å². The van der Waals surface area contributed by atoms with Crippen molar-refractivity contribution in [2.45, 2.75) is 6.54 Å². The van der Waals surface area contributed by atoms with Gasteiger partial charge in [-0.15, -0.1) is 0 Å². The summed E-state index contributed by atoms with van der Waals surface area (Å²) in [4.78, 5) is 12.1. The molecular weight excluding hydrogens is 452 g/mol. The van der Waals surface area contributed by atoms with Crippen molar-refractivity contribution < 1.29 is 9.53 Å². The lowest BCUT2D eigenvalue weighted by Gasteiger charge is -2.12. The minimum Gasteiger partial charge on any atom is -0.465 e. The van der Waals surface area contributed by atoms with Gasteiger partial charge in [-0.25, -0.2) is 4.79 Å². The number of halogens is 2. The highest BCUT2D eigenvalue weighted by atomic mass is 79.9. The standard InChI is InChI=1S/C23H18BrClN2O2/c1-29-23(28)20-13-18(25)5-7-21(20)26-19-6-8-22-16(12-19)9-10-27(22)14-15-3-2-4-17(24)11-15/h2-13,26H,14H2,1H3. The van der Waals surface area contributed by atoms with Crippen LogP contribution in [-0.2, 0) is 11.3 Å². The number of fused-ring (bicyclic) bond motifs is 1. The van der Waals surface area contributed by atoms with Gasteiger partial charge in [0.25, 0.3) is 0 Å². The number of hydrogen-bond donors (Lipinski definition) is 1. The second-order valence-corrected chi connectivity index (χ2v) is 8.01. The molecule has 0 saturated heterocycles. The van der Waals surface area contributed by atoms with Gasteiger partial charge in [0.1, 0.15) is 0 Å². The van der Waals surface area contributed by atoms with Gasteiger partial charge in [0.2, 0.25) is 0 Å². The van der Waals surface area contributed by atoms with Crippen molar-refractivity contribution in [3.05, 3.63) is 93.5 Å². The van der Waals surface area contributed by atoms with Crippen LogP contribution in [0.15, 0.2) is 77.4 Å². The highest BCUT2D eigenvalue weighted by Crippen LogP contribution is 2.28. The molecule has 4 nitrogen and oxygen atoms in total. The number of nitrogens with one attached hydrogen (secondary N) is 1. The molecule has 0 aliphatic heterocycles. The van der Waals surface area contributed by atoms with Crippen molar-refractivity contribution in [1.29, 1.82) is 0 Å². The number of anilines is 2. The maximum atomic E-state index is 12.1. The number of carbonyl (C=O) groups excluding carboxylic acids is 1. The van der Waals surface area contributed by atoms with E-state index >= 15 is 0 Å². The zero-order valence-corrected chi connectivity index (χ0v) is 18.0. The molecule has 0 amide bonds. The van der Waals surface area contributed by atoms with Gasteiger partial charge >= 0.3 is 5.97 Å². The third kappa shape index (κ3) is 4.31. The predicted octanol–water partition coefficient (Wildman–Crippen LogP) is 6.64. The third-order valence-electron chi connectivity index (χ3n) is 4.68. The number of carbonyl (C=O) groups is 1. The van der Waals surface area contributed by atoms with Crippen molar-refractivity contribution in [3.63, 3.8) is 0 Å². The van der Waals surface area contributed by atoms with Crippen LogP contribution in [0.5, 0.6) is 0 Å². The minimum atomic E-state index is -0.434. The van der Waals surface area contributed by atoms with Crippen molar-refractivity contribution in [2.75, 3.05) is 12.4 Å². The first kappa shape index (κ1) is 19.6. The monoisotopic (exact) mass is 468 g/mol. The van der Waals surface area contributed by atoms with Crippen LogP contribution in [0.3, 0.4) is 0 Å². The fourth-order valence-corrected chi connectivity index (χ4v) is 3.93. The molecule has 146 valence electrons. The predicted molar refractivity (Wildman–Crippen MR) is 121 cm³/mol. The van der Waals surface area contributed by atoms with Crippen LogP contribution in [0.4, 0.5) is 11.4 Å². The summed E-state index contributed by atoms with van der Waals surface area (Å²) in [6.07, 6.45) is 2.08.